The highest BCUT2D eigenvalue weighted by molar-refractivity contribution is 5.29. The van der Waals surface area contributed by atoms with Crippen LogP contribution in [0.3, 0.4) is 0 Å². The van der Waals surface area contributed by atoms with Crippen molar-refractivity contribution in [1.82, 2.24) is 5.32 Å². The molecule has 0 amide bonds. The summed E-state index contributed by atoms with van der Waals surface area (Å²) in [4.78, 5) is 0. The Labute approximate surface area is 123 Å². The van der Waals surface area contributed by atoms with E-state index in [9.17, 15) is 0 Å². The minimum absolute atomic E-state index is 0.215. The second-order valence-electron chi connectivity index (χ2n) is 5.64. The highest BCUT2D eigenvalue weighted by Crippen LogP contribution is 2.24. The largest absolute Gasteiger partial charge is 0.491 e. The Hall–Kier alpha value is -1.06. The molecule has 0 fully saturated rings. The number of methoxy groups -OCH3 is 1. The highest BCUT2D eigenvalue weighted by Gasteiger charge is 2.14. The first-order valence-electron chi connectivity index (χ1n) is 7.55. The van der Waals surface area contributed by atoms with Crippen molar-refractivity contribution in [2.75, 3.05) is 20.3 Å². The average molecular weight is 279 g/mol. The van der Waals surface area contributed by atoms with Crippen molar-refractivity contribution in [3.8, 4) is 5.75 Å². The predicted octanol–water partition coefficient (Wildman–Crippen LogP) is 3.80. The van der Waals surface area contributed by atoms with E-state index < -0.39 is 0 Å². The standard InChI is InChI=1S/C17H29NO2/c1-6-18-17(11-14(4)12-19-5)15-7-9-16(10-8-15)20-13(2)3/h7-10,13-14,17-18H,6,11-12H2,1-5H3. The van der Waals surface area contributed by atoms with Crippen LogP contribution in [0.15, 0.2) is 24.3 Å². The molecule has 0 saturated heterocycles. The zero-order valence-electron chi connectivity index (χ0n) is 13.5. The van der Waals surface area contributed by atoms with E-state index in [-0.39, 0.29) is 6.10 Å². The molecule has 0 aromatic heterocycles. The second-order valence-corrected chi connectivity index (χ2v) is 5.64. The maximum absolute atomic E-state index is 5.69. The van der Waals surface area contributed by atoms with E-state index in [2.05, 4.69) is 43.4 Å². The van der Waals surface area contributed by atoms with Gasteiger partial charge in [0.25, 0.3) is 0 Å². The quantitative estimate of drug-likeness (QED) is 0.746. The van der Waals surface area contributed by atoms with Crippen molar-refractivity contribution in [3.05, 3.63) is 29.8 Å². The minimum Gasteiger partial charge on any atom is -0.491 e. The normalized spacial score (nSPS) is 14.3. The maximum Gasteiger partial charge on any atom is 0.119 e. The molecule has 2 atom stereocenters. The van der Waals surface area contributed by atoms with Crippen molar-refractivity contribution >= 4 is 0 Å². The van der Waals surface area contributed by atoms with Crippen LogP contribution >= 0.6 is 0 Å². The number of rotatable bonds is 9. The van der Waals surface area contributed by atoms with E-state index in [4.69, 9.17) is 9.47 Å². The van der Waals surface area contributed by atoms with Crippen LogP contribution in [0.1, 0.15) is 45.7 Å². The summed E-state index contributed by atoms with van der Waals surface area (Å²) >= 11 is 0. The van der Waals surface area contributed by atoms with Gasteiger partial charge in [0.1, 0.15) is 5.75 Å². The van der Waals surface area contributed by atoms with E-state index in [0.29, 0.717) is 12.0 Å². The molecule has 1 aromatic carbocycles. The van der Waals surface area contributed by atoms with Crippen LogP contribution in [0.4, 0.5) is 0 Å². The summed E-state index contributed by atoms with van der Waals surface area (Å²) in [6, 6.07) is 8.80. The minimum atomic E-state index is 0.215. The molecule has 3 heteroatoms. The molecule has 0 aliphatic rings. The third-order valence-electron chi connectivity index (χ3n) is 3.19. The van der Waals surface area contributed by atoms with Crippen molar-refractivity contribution in [2.24, 2.45) is 5.92 Å². The predicted molar refractivity (Wildman–Crippen MR) is 84.3 cm³/mol. The third-order valence-corrected chi connectivity index (χ3v) is 3.19. The fraction of sp³-hybridized carbons (Fsp3) is 0.647. The van der Waals surface area contributed by atoms with Crippen LogP contribution in [0, 0.1) is 5.92 Å². The fourth-order valence-electron chi connectivity index (χ4n) is 2.39. The van der Waals surface area contributed by atoms with Gasteiger partial charge < -0.3 is 14.8 Å². The van der Waals surface area contributed by atoms with Gasteiger partial charge in [-0.05, 0) is 50.4 Å². The molecule has 0 aliphatic heterocycles. The second kappa shape index (κ2) is 8.98. The van der Waals surface area contributed by atoms with Crippen LogP contribution in [0.25, 0.3) is 0 Å². The summed E-state index contributed by atoms with van der Waals surface area (Å²) in [6.45, 7) is 10.2. The Kier molecular flexibility index (Phi) is 7.63. The van der Waals surface area contributed by atoms with Gasteiger partial charge in [-0.15, -0.1) is 0 Å². The lowest BCUT2D eigenvalue weighted by molar-refractivity contribution is 0.149. The third kappa shape index (κ3) is 5.93. The molecule has 3 nitrogen and oxygen atoms in total. The molecular formula is C17H29NO2. The molecule has 20 heavy (non-hydrogen) atoms. The van der Waals surface area contributed by atoms with E-state index in [1.54, 1.807) is 7.11 Å². The molecule has 0 bridgehead atoms. The number of benzene rings is 1. The van der Waals surface area contributed by atoms with Gasteiger partial charge in [0.05, 0.1) is 6.10 Å². The Morgan fingerprint density at radius 3 is 2.25 bits per heavy atom. The van der Waals surface area contributed by atoms with Gasteiger partial charge in [-0.1, -0.05) is 26.0 Å². The Morgan fingerprint density at radius 1 is 1.10 bits per heavy atom. The number of hydrogen-bond donors (Lipinski definition) is 1. The van der Waals surface area contributed by atoms with Gasteiger partial charge in [-0.25, -0.2) is 0 Å². The molecule has 1 aromatic rings. The van der Waals surface area contributed by atoms with E-state index in [1.165, 1.54) is 5.56 Å². The van der Waals surface area contributed by atoms with Crippen LogP contribution in [-0.4, -0.2) is 26.4 Å². The van der Waals surface area contributed by atoms with Crippen LogP contribution in [-0.2, 0) is 4.74 Å². The SMILES string of the molecule is CCNC(CC(C)COC)c1ccc(OC(C)C)cc1. The van der Waals surface area contributed by atoms with Crippen LogP contribution in [0.5, 0.6) is 5.75 Å². The van der Waals surface area contributed by atoms with Crippen molar-refractivity contribution in [2.45, 2.75) is 46.3 Å². The zero-order chi connectivity index (χ0) is 15.0. The molecule has 1 rings (SSSR count). The summed E-state index contributed by atoms with van der Waals surface area (Å²) in [5.41, 5.74) is 1.31. The van der Waals surface area contributed by atoms with Gasteiger partial charge in [-0.2, -0.15) is 0 Å². The van der Waals surface area contributed by atoms with Gasteiger partial charge in [0.2, 0.25) is 0 Å². The summed E-state index contributed by atoms with van der Waals surface area (Å²) in [5.74, 6) is 1.47. The first-order chi connectivity index (χ1) is 9.56. The molecule has 0 spiro atoms. The lowest BCUT2D eigenvalue weighted by Crippen LogP contribution is -2.24. The molecular weight excluding hydrogens is 250 g/mol. The molecule has 0 saturated carbocycles. The monoisotopic (exact) mass is 279 g/mol. The van der Waals surface area contributed by atoms with Crippen molar-refractivity contribution < 1.29 is 9.47 Å². The lowest BCUT2D eigenvalue weighted by atomic mass is 9.96. The van der Waals surface area contributed by atoms with E-state index >= 15 is 0 Å². The van der Waals surface area contributed by atoms with Gasteiger partial charge in [-0.3, -0.25) is 0 Å². The molecule has 0 radical (unpaired) electrons. The van der Waals surface area contributed by atoms with Crippen LogP contribution < -0.4 is 10.1 Å². The van der Waals surface area contributed by atoms with Crippen LogP contribution in [0.2, 0.25) is 0 Å². The molecule has 0 aliphatic carbocycles. The average Bonchev–Trinajstić information content (AvgIpc) is 2.39. The molecule has 0 heterocycles. The highest BCUT2D eigenvalue weighted by atomic mass is 16.5. The smallest absolute Gasteiger partial charge is 0.119 e. The molecule has 1 N–H and O–H groups in total. The topological polar surface area (TPSA) is 30.5 Å². The maximum atomic E-state index is 5.69. The zero-order valence-corrected chi connectivity index (χ0v) is 13.5. The number of ether oxygens (including phenoxy) is 2. The van der Waals surface area contributed by atoms with Gasteiger partial charge >= 0.3 is 0 Å². The van der Waals surface area contributed by atoms with Gasteiger partial charge in [0.15, 0.2) is 0 Å². The fourth-order valence-corrected chi connectivity index (χ4v) is 2.39. The first kappa shape index (κ1) is 17.0. The van der Waals surface area contributed by atoms with Crippen molar-refractivity contribution in [1.29, 1.82) is 0 Å². The van der Waals surface area contributed by atoms with E-state index in [0.717, 1.165) is 25.3 Å². The summed E-state index contributed by atoms with van der Waals surface area (Å²) in [6.07, 6.45) is 1.29. The number of nitrogens with one attached hydrogen (secondary N) is 1. The molecule has 114 valence electrons. The summed E-state index contributed by atoms with van der Waals surface area (Å²) in [7, 11) is 1.76. The number of hydrogen-bond acceptors (Lipinski definition) is 3. The Bertz CT molecular complexity index is 362. The summed E-state index contributed by atoms with van der Waals surface area (Å²) in [5, 5.41) is 3.55. The Morgan fingerprint density at radius 2 is 1.75 bits per heavy atom. The summed E-state index contributed by atoms with van der Waals surface area (Å²) < 4.78 is 10.9. The Balaban J connectivity index is 2.70. The first-order valence-corrected chi connectivity index (χ1v) is 7.55. The van der Waals surface area contributed by atoms with E-state index in [1.807, 2.05) is 13.8 Å². The van der Waals surface area contributed by atoms with Gasteiger partial charge in [0, 0.05) is 19.8 Å². The lowest BCUT2D eigenvalue weighted by Gasteiger charge is -2.22. The molecule has 2 unspecified atom stereocenters. The van der Waals surface area contributed by atoms with Crippen molar-refractivity contribution in [3.63, 3.8) is 0 Å².